The van der Waals surface area contributed by atoms with Crippen molar-refractivity contribution >= 4 is 5.97 Å². The van der Waals surface area contributed by atoms with Gasteiger partial charge >= 0.3 is 5.97 Å². The fourth-order valence-corrected chi connectivity index (χ4v) is 3.13. The van der Waals surface area contributed by atoms with Gasteiger partial charge < -0.3 is 14.6 Å². The molecule has 1 N–H and O–H groups in total. The summed E-state index contributed by atoms with van der Waals surface area (Å²) in [5.74, 6) is -0.877. The molecule has 2 unspecified atom stereocenters. The minimum Gasteiger partial charge on any atom is -0.497 e. The minimum atomic E-state index is -1.07. The summed E-state index contributed by atoms with van der Waals surface area (Å²) >= 11 is 0. The molecule has 5 nitrogen and oxygen atoms in total. The van der Waals surface area contributed by atoms with Crippen LogP contribution in [0.2, 0.25) is 0 Å². The van der Waals surface area contributed by atoms with Crippen LogP contribution in [0.1, 0.15) is 23.3 Å². The monoisotopic (exact) mass is 345 g/mol. The molecule has 0 spiro atoms. The minimum absolute atomic E-state index is 0.168. The maximum absolute atomic E-state index is 14.1. The highest BCUT2D eigenvalue weighted by atomic mass is 19.1. The normalized spacial score (nSPS) is 19.4. The van der Waals surface area contributed by atoms with Crippen LogP contribution in [0, 0.1) is 5.82 Å². The number of carbonyl (C=O) groups is 1. The lowest BCUT2D eigenvalue weighted by atomic mass is 10.0. The SMILES string of the molecule is COc1cccc(C2CN(C(C(=O)O)c3ccccc3F)CCO2)c1. The first kappa shape index (κ1) is 17.4. The second-order valence-corrected chi connectivity index (χ2v) is 5.89. The van der Waals surface area contributed by atoms with Gasteiger partial charge in [0.2, 0.25) is 0 Å². The van der Waals surface area contributed by atoms with Crippen LogP contribution in [0.5, 0.6) is 5.75 Å². The number of benzene rings is 2. The lowest BCUT2D eigenvalue weighted by molar-refractivity contribution is -0.147. The van der Waals surface area contributed by atoms with Gasteiger partial charge in [0, 0.05) is 18.7 Å². The van der Waals surface area contributed by atoms with E-state index in [-0.39, 0.29) is 11.7 Å². The fourth-order valence-electron chi connectivity index (χ4n) is 3.13. The Morgan fingerprint density at radius 2 is 2.12 bits per heavy atom. The lowest BCUT2D eigenvalue weighted by Gasteiger charge is -2.37. The molecule has 2 aromatic rings. The topological polar surface area (TPSA) is 59.0 Å². The van der Waals surface area contributed by atoms with Crippen molar-refractivity contribution in [3.8, 4) is 5.75 Å². The summed E-state index contributed by atoms with van der Waals surface area (Å²) in [6, 6.07) is 12.4. The zero-order chi connectivity index (χ0) is 17.8. The van der Waals surface area contributed by atoms with Gasteiger partial charge in [0.15, 0.2) is 0 Å². The van der Waals surface area contributed by atoms with E-state index >= 15 is 0 Å². The van der Waals surface area contributed by atoms with Crippen LogP contribution in [0.3, 0.4) is 0 Å². The first-order valence-electron chi connectivity index (χ1n) is 8.07. The van der Waals surface area contributed by atoms with Crippen molar-refractivity contribution in [3.63, 3.8) is 0 Å². The Bertz CT molecular complexity index is 752. The molecule has 2 atom stereocenters. The largest absolute Gasteiger partial charge is 0.497 e. The van der Waals surface area contributed by atoms with Gasteiger partial charge in [-0.25, -0.2) is 4.39 Å². The molecule has 132 valence electrons. The van der Waals surface area contributed by atoms with E-state index in [9.17, 15) is 14.3 Å². The Morgan fingerprint density at radius 3 is 2.84 bits per heavy atom. The van der Waals surface area contributed by atoms with Crippen molar-refractivity contribution in [2.45, 2.75) is 12.1 Å². The molecule has 0 saturated carbocycles. The van der Waals surface area contributed by atoms with E-state index in [1.165, 1.54) is 12.1 Å². The number of rotatable bonds is 5. The third-order valence-corrected chi connectivity index (χ3v) is 4.36. The smallest absolute Gasteiger partial charge is 0.325 e. The number of morpholine rings is 1. The molecule has 0 amide bonds. The maximum Gasteiger partial charge on any atom is 0.325 e. The Kier molecular flexibility index (Phi) is 5.31. The van der Waals surface area contributed by atoms with E-state index in [1.807, 2.05) is 24.3 Å². The predicted molar refractivity (Wildman–Crippen MR) is 90.0 cm³/mol. The molecule has 1 aliphatic rings. The summed E-state index contributed by atoms with van der Waals surface area (Å²) < 4.78 is 25.2. The summed E-state index contributed by atoms with van der Waals surface area (Å²) in [4.78, 5) is 13.6. The zero-order valence-electron chi connectivity index (χ0n) is 13.9. The zero-order valence-corrected chi connectivity index (χ0v) is 13.9. The molecule has 6 heteroatoms. The van der Waals surface area contributed by atoms with Gasteiger partial charge in [-0.1, -0.05) is 30.3 Å². The Morgan fingerprint density at radius 1 is 1.32 bits per heavy atom. The highest BCUT2D eigenvalue weighted by Crippen LogP contribution is 2.31. The number of methoxy groups -OCH3 is 1. The molecule has 1 saturated heterocycles. The van der Waals surface area contributed by atoms with Crippen LogP contribution < -0.4 is 4.74 Å². The molecule has 0 radical (unpaired) electrons. The first-order valence-corrected chi connectivity index (χ1v) is 8.07. The van der Waals surface area contributed by atoms with Crippen LogP contribution >= 0.6 is 0 Å². The van der Waals surface area contributed by atoms with Crippen molar-refractivity contribution < 1.29 is 23.8 Å². The van der Waals surface area contributed by atoms with Gasteiger partial charge in [0.25, 0.3) is 0 Å². The number of carboxylic acid groups (broad SMARTS) is 1. The van der Waals surface area contributed by atoms with Crippen LogP contribution in [0.4, 0.5) is 4.39 Å². The summed E-state index contributed by atoms with van der Waals surface area (Å²) in [5.41, 5.74) is 1.07. The Labute approximate surface area is 145 Å². The quantitative estimate of drug-likeness (QED) is 0.903. The summed E-state index contributed by atoms with van der Waals surface area (Å²) in [6.07, 6.45) is -0.294. The number of nitrogens with zero attached hydrogens (tertiary/aromatic N) is 1. The molecular weight excluding hydrogens is 325 g/mol. The number of ether oxygens (including phenoxy) is 2. The van der Waals surface area contributed by atoms with E-state index in [2.05, 4.69) is 0 Å². The summed E-state index contributed by atoms with van der Waals surface area (Å²) in [5, 5.41) is 9.67. The second kappa shape index (κ2) is 7.63. The average molecular weight is 345 g/mol. The summed E-state index contributed by atoms with van der Waals surface area (Å²) in [6.45, 7) is 1.16. The van der Waals surface area contributed by atoms with Crippen molar-refractivity contribution in [1.82, 2.24) is 4.90 Å². The number of aliphatic carboxylic acids is 1. The van der Waals surface area contributed by atoms with Gasteiger partial charge in [-0.15, -0.1) is 0 Å². The van der Waals surface area contributed by atoms with Gasteiger partial charge in [-0.05, 0) is 23.8 Å². The molecular formula is C19H20FNO4. The number of halogens is 1. The van der Waals surface area contributed by atoms with Crippen LogP contribution in [0.15, 0.2) is 48.5 Å². The van der Waals surface area contributed by atoms with E-state index in [0.717, 1.165) is 5.56 Å². The maximum atomic E-state index is 14.1. The summed E-state index contributed by atoms with van der Waals surface area (Å²) in [7, 11) is 1.59. The molecule has 1 heterocycles. The molecule has 0 aliphatic carbocycles. The van der Waals surface area contributed by atoms with Gasteiger partial charge in [-0.2, -0.15) is 0 Å². The number of hydrogen-bond acceptors (Lipinski definition) is 4. The van der Waals surface area contributed by atoms with E-state index in [0.29, 0.717) is 25.4 Å². The van der Waals surface area contributed by atoms with Gasteiger partial charge in [0.05, 0.1) is 19.8 Å². The van der Waals surface area contributed by atoms with Crippen molar-refractivity contribution in [2.75, 3.05) is 26.8 Å². The second-order valence-electron chi connectivity index (χ2n) is 5.89. The molecule has 0 bridgehead atoms. The van der Waals surface area contributed by atoms with Gasteiger partial charge in [0.1, 0.15) is 17.6 Å². The molecule has 1 aliphatic heterocycles. The fraction of sp³-hybridized carbons (Fsp3) is 0.316. The third kappa shape index (κ3) is 3.81. The van der Waals surface area contributed by atoms with Crippen LogP contribution in [-0.2, 0) is 9.53 Å². The average Bonchev–Trinajstić information content (AvgIpc) is 2.63. The molecule has 0 aromatic heterocycles. The highest BCUT2D eigenvalue weighted by Gasteiger charge is 2.34. The first-order chi connectivity index (χ1) is 12.1. The molecule has 2 aromatic carbocycles. The highest BCUT2D eigenvalue weighted by molar-refractivity contribution is 5.75. The van der Waals surface area contributed by atoms with Crippen molar-refractivity contribution in [3.05, 3.63) is 65.5 Å². The van der Waals surface area contributed by atoms with E-state index in [1.54, 1.807) is 24.1 Å². The Balaban J connectivity index is 1.86. The molecule has 1 fully saturated rings. The van der Waals surface area contributed by atoms with Crippen molar-refractivity contribution in [1.29, 1.82) is 0 Å². The molecule has 25 heavy (non-hydrogen) atoms. The lowest BCUT2D eigenvalue weighted by Crippen LogP contribution is -2.43. The molecule has 3 rings (SSSR count). The third-order valence-electron chi connectivity index (χ3n) is 4.36. The standard InChI is InChI=1S/C19H20FNO4/c1-24-14-6-4-5-13(11-14)17-12-21(9-10-25-17)18(19(22)23)15-7-2-3-8-16(15)20/h2-8,11,17-18H,9-10,12H2,1H3,(H,22,23). The van der Waals surface area contributed by atoms with Crippen LogP contribution in [-0.4, -0.2) is 42.8 Å². The number of hydrogen-bond donors (Lipinski definition) is 1. The predicted octanol–water partition coefficient (Wildman–Crippen LogP) is 3.03. The Hall–Kier alpha value is -2.44. The van der Waals surface area contributed by atoms with Crippen LogP contribution in [0.25, 0.3) is 0 Å². The number of carboxylic acids is 1. The van der Waals surface area contributed by atoms with Gasteiger partial charge in [-0.3, -0.25) is 9.69 Å². The van der Waals surface area contributed by atoms with E-state index < -0.39 is 17.8 Å². The van der Waals surface area contributed by atoms with Crippen molar-refractivity contribution in [2.24, 2.45) is 0 Å². The van der Waals surface area contributed by atoms with E-state index in [4.69, 9.17) is 9.47 Å².